The summed E-state index contributed by atoms with van der Waals surface area (Å²) in [5.41, 5.74) is 0.0130. The SMILES string of the molecule is C=C(C)C(=O)OCCOC(=O)c1ccccc1C(=O)N=O. The van der Waals surface area contributed by atoms with E-state index in [2.05, 4.69) is 11.8 Å². The topological polar surface area (TPSA) is 99.1 Å². The summed E-state index contributed by atoms with van der Waals surface area (Å²) in [4.78, 5) is 44.4. The van der Waals surface area contributed by atoms with Gasteiger partial charge in [-0.25, -0.2) is 9.59 Å². The number of hydrogen-bond acceptors (Lipinski definition) is 6. The van der Waals surface area contributed by atoms with Crippen molar-refractivity contribution in [3.8, 4) is 0 Å². The molecule has 110 valence electrons. The highest BCUT2D eigenvalue weighted by Crippen LogP contribution is 2.11. The lowest BCUT2D eigenvalue weighted by Crippen LogP contribution is -2.16. The number of esters is 2. The van der Waals surface area contributed by atoms with Crippen molar-refractivity contribution in [2.45, 2.75) is 6.92 Å². The van der Waals surface area contributed by atoms with Crippen LogP contribution in [0.2, 0.25) is 0 Å². The molecule has 0 bridgehead atoms. The van der Waals surface area contributed by atoms with E-state index in [0.29, 0.717) is 0 Å². The summed E-state index contributed by atoms with van der Waals surface area (Å²) < 4.78 is 9.59. The van der Waals surface area contributed by atoms with Gasteiger partial charge in [0.15, 0.2) is 0 Å². The van der Waals surface area contributed by atoms with Crippen LogP contribution in [0.3, 0.4) is 0 Å². The van der Waals surface area contributed by atoms with Crippen molar-refractivity contribution in [3.05, 3.63) is 52.5 Å². The Labute approximate surface area is 120 Å². The molecule has 0 aliphatic carbocycles. The summed E-state index contributed by atoms with van der Waals surface area (Å²) in [5, 5.41) is 2.27. The molecule has 0 spiro atoms. The van der Waals surface area contributed by atoms with Gasteiger partial charge in [0.2, 0.25) is 0 Å². The average molecular weight is 291 g/mol. The Bertz CT molecular complexity index is 593. The number of carbonyl (C=O) groups is 3. The fraction of sp³-hybridized carbons (Fsp3) is 0.214. The first-order valence-electron chi connectivity index (χ1n) is 5.94. The monoisotopic (exact) mass is 291 g/mol. The lowest BCUT2D eigenvalue weighted by atomic mass is 10.1. The molecule has 0 saturated heterocycles. The predicted molar refractivity (Wildman–Crippen MR) is 72.6 cm³/mol. The molecule has 0 heterocycles. The summed E-state index contributed by atoms with van der Waals surface area (Å²) in [5.74, 6) is -2.46. The third kappa shape index (κ3) is 4.64. The summed E-state index contributed by atoms with van der Waals surface area (Å²) >= 11 is 0. The predicted octanol–water partition coefficient (Wildman–Crippen LogP) is 1.87. The number of hydrogen-bond donors (Lipinski definition) is 0. The van der Waals surface area contributed by atoms with Gasteiger partial charge in [0.1, 0.15) is 13.2 Å². The number of nitrogens with zero attached hydrogens (tertiary/aromatic N) is 1. The van der Waals surface area contributed by atoms with Crippen LogP contribution in [0.25, 0.3) is 0 Å². The summed E-state index contributed by atoms with van der Waals surface area (Å²) in [6, 6.07) is 5.63. The quantitative estimate of drug-likeness (QED) is 0.343. The summed E-state index contributed by atoms with van der Waals surface area (Å²) in [6.07, 6.45) is 0. The molecule has 0 radical (unpaired) electrons. The maximum atomic E-state index is 11.8. The van der Waals surface area contributed by atoms with Crippen LogP contribution in [0, 0.1) is 4.91 Å². The maximum absolute atomic E-state index is 11.8. The third-order valence-electron chi connectivity index (χ3n) is 2.36. The van der Waals surface area contributed by atoms with Crippen LogP contribution >= 0.6 is 0 Å². The zero-order chi connectivity index (χ0) is 15.8. The van der Waals surface area contributed by atoms with Gasteiger partial charge in [-0.3, -0.25) is 4.79 Å². The van der Waals surface area contributed by atoms with Crippen molar-refractivity contribution in [1.29, 1.82) is 0 Å². The highest BCUT2D eigenvalue weighted by Gasteiger charge is 2.18. The molecule has 7 nitrogen and oxygen atoms in total. The Morgan fingerprint density at radius 2 is 1.67 bits per heavy atom. The van der Waals surface area contributed by atoms with E-state index in [-0.39, 0.29) is 29.9 Å². The van der Waals surface area contributed by atoms with E-state index in [1.807, 2.05) is 0 Å². The van der Waals surface area contributed by atoms with Crippen molar-refractivity contribution in [1.82, 2.24) is 0 Å². The van der Waals surface area contributed by atoms with Crippen molar-refractivity contribution in [2.24, 2.45) is 5.18 Å². The first-order valence-corrected chi connectivity index (χ1v) is 5.94. The molecule has 0 aliphatic rings. The highest BCUT2D eigenvalue weighted by molar-refractivity contribution is 6.05. The molecule has 1 rings (SSSR count). The van der Waals surface area contributed by atoms with Crippen molar-refractivity contribution in [2.75, 3.05) is 13.2 Å². The fourth-order valence-corrected chi connectivity index (χ4v) is 1.37. The Morgan fingerprint density at radius 3 is 2.24 bits per heavy atom. The Balaban J connectivity index is 2.61. The molecule has 0 unspecified atom stereocenters. The van der Waals surface area contributed by atoms with Crippen LogP contribution < -0.4 is 0 Å². The molecule has 1 amide bonds. The third-order valence-corrected chi connectivity index (χ3v) is 2.36. The number of rotatable bonds is 6. The largest absolute Gasteiger partial charge is 0.459 e. The lowest BCUT2D eigenvalue weighted by Gasteiger charge is -2.07. The second-order valence-electron chi connectivity index (χ2n) is 3.99. The average Bonchev–Trinajstić information content (AvgIpc) is 2.50. The van der Waals surface area contributed by atoms with Gasteiger partial charge in [0, 0.05) is 10.7 Å². The molecular formula is C14H13NO6. The van der Waals surface area contributed by atoms with E-state index in [9.17, 15) is 19.3 Å². The zero-order valence-corrected chi connectivity index (χ0v) is 11.3. The molecule has 0 saturated carbocycles. The van der Waals surface area contributed by atoms with E-state index < -0.39 is 17.8 Å². The normalized spacial score (nSPS) is 9.57. The molecule has 1 aromatic carbocycles. The van der Waals surface area contributed by atoms with E-state index in [0.717, 1.165) is 0 Å². The van der Waals surface area contributed by atoms with Gasteiger partial charge in [-0.05, 0) is 19.1 Å². The lowest BCUT2D eigenvalue weighted by molar-refractivity contribution is -0.140. The minimum atomic E-state index is -1.06. The smallest absolute Gasteiger partial charge is 0.339 e. The molecule has 0 N–H and O–H groups in total. The van der Waals surface area contributed by atoms with Crippen LogP contribution in [-0.2, 0) is 14.3 Å². The minimum Gasteiger partial charge on any atom is -0.459 e. The van der Waals surface area contributed by atoms with E-state index in [4.69, 9.17) is 9.47 Å². The van der Waals surface area contributed by atoms with Gasteiger partial charge < -0.3 is 9.47 Å². The molecule has 7 heteroatoms. The van der Waals surface area contributed by atoms with Gasteiger partial charge in [-0.15, -0.1) is 4.91 Å². The fourth-order valence-electron chi connectivity index (χ4n) is 1.37. The van der Waals surface area contributed by atoms with E-state index in [1.165, 1.54) is 31.2 Å². The van der Waals surface area contributed by atoms with E-state index in [1.54, 1.807) is 0 Å². The molecule has 0 atom stereocenters. The molecule has 0 aliphatic heterocycles. The van der Waals surface area contributed by atoms with Gasteiger partial charge in [-0.1, -0.05) is 18.7 Å². The molecular weight excluding hydrogens is 278 g/mol. The van der Waals surface area contributed by atoms with Crippen molar-refractivity contribution in [3.63, 3.8) is 0 Å². The summed E-state index contributed by atoms with van der Waals surface area (Å²) in [7, 11) is 0. The second-order valence-corrected chi connectivity index (χ2v) is 3.99. The van der Waals surface area contributed by atoms with Crippen molar-refractivity contribution < 1.29 is 23.9 Å². The van der Waals surface area contributed by atoms with Crippen LogP contribution in [0.5, 0.6) is 0 Å². The molecule has 1 aromatic rings. The Hall–Kier alpha value is -2.83. The van der Waals surface area contributed by atoms with Gasteiger partial charge in [0.05, 0.1) is 11.1 Å². The second kappa shape index (κ2) is 7.68. The number of carbonyl (C=O) groups excluding carboxylic acids is 3. The molecule has 21 heavy (non-hydrogen) atoms. The number of nitroso groups, excluding NO2 is 1. The zero-order valence-electron chi connectivity index (χ0n) is 11.3. The Morgan fingerprint density at radius 1 is 1.10 bits per heavy atom. The highest BCUT2D eigenvalue weighted by atomic mass is 16.6. The maximum Gasteiger partial charge on any atom is 0.339 e. The van der Waals surface area contributed by atoms with Crippen LogP contribution in [0.15, 0.2) is 41.6 Å². The molecule has 0 aromatic heterocycles. The Kier molecular flexibility index (Phi) is 5.94. The van der Waals surface area contributed by atoms with Gasteiger partial charge >= 0.3 is 17.8 Å². The van der Waals surface area contributed by atoms with Crippen LogP contribution in [0.1, 0.15) is 27.6 Å². The van der Waals surface area contributed by atoms with Gasteiger partial charge in [-0.2, -0.15) is 0 Å². The van der Waals surface area contributed by atoms with Gasteiger partial charge in [0.25, 0.3) is 0 Å². The first-order chi connectivity index (χ1) is 9.97. The standard InChI is InChI=1S/C14H13NO6/c1-9(2)13(17)20-7-8-21-14(18)11-6-4-3-5-10(11)12(16)15-19/h3-6H,1,7-8H2,2H3. The number of ether oxygens (including phenoxy) is 2. The molecule has 0 fully saturated rings. The van der Waals surface area contributed by atoms with Crippen LogP contribution in [0.4, 0.5) is 0 Å². The van der Waals surface area contributed by atoms with E-state index >= 15 is 0 Å². The van der Waals surface area contributed by atoms with Crippen molar-refractivity contribution >= 4 is 17.8 Å². The van der Waals surface area contributed by atoms with Crippen LogP contribution in [-0.4, -0.2) is 31.1 Å². The minimum absolute atomic E-state index is 0.0756. The number of benzene rings is 1. The summed E-state index contributed by atoms with van der Waals surface area (Å²) in [6.45, 7) is 4.56. The first kappa shape index (κ1) is 16.2. The number of amides is 1.